The molecule has 0 saturated heterocycles. The van der Waals surface area contributed by atoms with Gasteiger partial charge in [0, 0.05) is 51.2 Å². The lowest BCUT2D eigenvalue weighted by Gasteiger charge is -2.18. The molecule has 2 heterocycles. The zero-order valence-electron chi connectivity index (χ0n) is 19.7. The molecule has 0 fully saturated rings. The minimum absolute atomic E-state index is 0.226. The summed E-state index contributed by atoms with van der Waals surface area (Å²) in [5, 5.41) is 0.726. The van der Waals surface area contributed by atoms with Crippen molar-refractivity contribution < 1.29 is 8.42 Å². The highest BCUT2D eigenvalue weighted by Gasteiger charge is 2.23. The van der Waals surface area contributed by atoms with E-state index in [4.69, 9.17) is 4.98 Å². The molecule has 180 valence electrons. The maximum Gasteiger partial charge on any atom is 0.330 e. The molecule has 0 unspecified atom stereocenters. The van der Waals surface area contributed by atoms with Gasteiger partial charge in [-0.15, -0.1) is 0 Å². The second-order valence-corrected chi connectivity index (χ2v) is 10.7. The van der Waals surface area contributed by atoms with Crippen molar-refractivity contribution in [3.05, 3.63) is 50.8 Å². The van der Waals surface area contributed by atoms with Crippen molar-refractivity contribution in [3.63, 3.8) is 0 Å². The van der Waals surface area contributed by atoms with Crippen LogP contribution in [0.15, 0.2) is 43.9 Å². The Morgan fingerprint density at radius 2 is 1.73 bits per heavy atom. The maximum atomic E-state index is 13.0. The van der Waals surface area contributed by atoms with Crippen molar-refractivity contribution >= 4 is 32.8 Å². The van der Waals surface area contributed by atoms with Crippen LogP contribution >= 0.6 is 11.8 Å². The Hall–Kier alpha value is -2.37. The average molecular weight is 494 g/mol. The molecule has 0 aliphatic rings. The summed E-state index contributed by atoms with van der Waals surface area (Å²) >= 11 is 1.43. The van der Waals surface area contributed by atoms with Crippen LogP contribution in [0.1, 0.15) is 39.3 Å². The van der Waals surface area contributed by atoms with Gasteiger partial charge in [-0.1, -0.05) is 39.0 Å². The van der Waals surface area contributed by atoms with Crippen LogP contribution in [0.5, 0.6) is 0 Å². The highest BCUT2D eigenvalue weighted by Crippen LogP contribution is 2.29. The molecular weight excluding hydrogens is 462 g/mol. The molecule has 0 atom stereocenters. The lowest BCUT2D eigenvalue weighted by atomic mass is 10.3. The molecule has 0 saturated carbocycles. The molecule has 33 heavy (non-hydrogen) atoms. The summed E-state index contributed by atoms with van der Waals surface area (Å²) in [6, 6.07) is 6.54. The number of hydrogen-bond acceptors (Lipinski definition) is 6. The van der Waals surface area contributed by atoms with Gasteiger partial charge in [-0.2, -0.15) is 4.31 Å². The summed E-state index contributed by atoms with van der Waals surface area (Å²) in [6.07, 6.45) is 1.95. The predicted octanol–water partition coefficient (Wildman–Crippen LogP) is 2.56. The van der Waals surface area contributed by atoms with Gasteiger partial charge in [0.25, 0.3) is 5.56 Å². The van der Waals surface area contributed by atoms with Crippen LogP contribution in [0.4, 0.5) is 0 Å². The van der Waals surface area contributed by atoms with Crippen molar-refractivity contribution in [2.75, 3.05) is 13.1 Å². The minimum Gasteiger partial charge on any atom is -0.319 e. The van der Waals surface area contributed by atoms with Gasteiger partial charge in [0.1, 0.15) is 0 Å². The molecule has 9 nitrogen and oxygen atoms in total. The summed E-state index contributed by atoms with van der Waals surface area (Å²) in [4.78, 5) is 29.3. The number of rotatable bonds is 10. The smallest absolute Gasteiger partial charge is 0.319 e. The summed E-state index contributed by atoms with van der Waals surface area (Å²) < 4.78 is 32.0. The zero-order chi connectivity index (χ0) is 24.3. The van der Waals surface area contributed by atoms with E-state index in [0.29, 0.717) is 30.1 Å². The highest BCUT2D eigenvalue weighted by atomic mass is 32.2. The number of aromatic nitrogens is 4. The number of sulfonamides is 1. The van der Waals surface area contributed by atoms with E-state index in [0.717, 1.165) is 34.6 Å². The predicted molar refractivity (Wildman–Crippen MR) is 131 cm³/mol. The number of aryl methyl sites for hydroxylation is 1. The van der Waals surface area contributed by atoms with Crippen LogP contribution in [-0.4, -0.2) is 44.5 Å². The molecule has 3 aromatic rings. The summed E-state index contributed by atoms with van der Waals surface area (Å²) in [5.41, 5.74) is 1.36. The number of benzene rings is 1. The van der Waals surface area contributed by atoms with E-state index >= 15 is 0 Å². The van der Waals surface area contributed by atoms with E-state index < -0.39 is 10.0 Å². The number of unbranched alkanes of at least 4 members (excludes halogenated alkanes) is 1. The van der Waals surface area contributed by atoms with Gasteiger partial charge < -0.3 is 4.57 Å². The van der Waals surface area contributed by atoms with Crippen molar-refractivity contribution in [3.8, 4) is 0 Å². The number of fused-ring (bicyclic) bond motifs is 1. The molecule has 0 N–H and O–H groups in total. The average Bonchev–Trinajstić information content (AvgIpc) is 3.14. The Bertz CT molecular complexity index is 1370. The van der Waals surface area contributed by atoms with Crippen LogP contribution in [0.25, 0.3) is 11.0 Å². The van der Waals surface area contributed by atoms with Gasteiger partial charge in [0.05, 0.1) is 15.9 Å². The van der Waals surface area contributed by atoms with E-state index in [9.17, 15) is 18.0 Å². The second-order valence-electron chi connectivity index (χ2n) is 7.80. The Balaban J connectivity index is 2.02. The summed E-state index contributed by atoms with van der Waals surface area (Å²) in [6.45, 7) is 7.29. The molecule has 2 aromatic heterocycles. The molecule has 0 aliphatic heterocycles. The van der Waals surface area contributed by atoms with Gasteiger partial charge in [-0.05, 0) is 24.6 Å². The lowest BCUT2D eigenvalue weighted by molar-refractivity contribution is 0.445. The molecular formula is C22H31N5O4S2. The zero-order valence-corrected chi connectivity index (χ0v) is 21.4. The lowest BCUT2D eigenvalue weighted by Crippen LogP contribution is -2.37. The standard InChI is InChI=1S/C22H31N5O4S2/c1-6-9-12-27-19-11-10-17(33(30,31)26(7-2)8-3)14-18(19)23-21(27)32-15-16-13-20(28)25(5)22(29)24(16)4/h10-11,13-14H,6-9,12,15H2,1-5H3. The Morgan fingerprint density at radius 1 is 1.03 bits per heavy atom. The Kier molecular flexibility index (Phi) is 7.86. The van der Waals surface area contributed by atoms with Crippen LogP contribution in [0, 0.1) is 0 Å². The molecule has 0 bridgehead atoms. The number of thioether (sulfide) groups is 1. The highest BCUT2D eigenvalue weighted by molar-refractivity contribution is 7.98. The monoisotopic (exact) mass is 493 g/mol. The van der Waals surface area contributed by atoms with E-state index in [1.807, 2.05) is 19.9 Å². The molecule has 0 aliphatic carbocycles. The third-order valence-corrected chi connectivity index (χ3v) is 8.79. The van der Waals surface area contributed by atoms with Gasteiger partial charge in [0.15, 0.2) is 5.16 Å². The number of hydrogen-bond donors (Lipinski definition) is 0. The van der Waals surface area contributed by atoms with Crippen molar-refractivity contribution in [2.24, 2.45) is 14.1 Å². The first kappa shape index (κ1) is 25.3. The molecule has 3 rings (SSSR count). The van der Waals surface area contributed by atoms with Crippen LogP contribution in [-0.2, 0) is 36.4 Å². The number of imidazole rings is 1. The molecule has 1 aromatic carbocycles. The van der Waals surface area contributed by atoms with Crippen molar-refractivity contribution in [1.82, 2.24) is 23.0 Å². The number of nitrogens with zero attached hydrogens (tertiary/aromatic N) is 5. The van der Waals surface area contributed by atoms with Gasteiger partial charge in [-0.3, -0.25) is 13.9 Å². The Morgan fingerprint density at radius 3 is 2.36 bits per heavy atom. The fraction of sp³-hybridized carbons (Fsp3) is 0.500. The van der Waals surface area contributed by atoms with Crippen molar-refractivity contribution in [1.29, 1.82) is 0 Å². The molecule has 11 heteroatoms. The third kappa shape index (κ3) is 4.95. The van der Waals surface area contributed by atoms with E-state index in [1.165, 1.54) is 33.7 Å². The van der Waals surface area contributed by atoms with E-state index in [1.54, 1.807) is 19.2 Å². The minimum atomic E-state index is -3.59. The first-order valence-electron chi connectivity index (χ1n) is 11.0. The maximum absolute atomic E-state index is 13.0. The topological polar surface area (TPSA) is 99.2 Å². The largest absolute Gasteiger partial charge is 0.330 e. The fourth-order valence-corrected chi connectivity index (χ4v) is 6.20. The van der Waals surface area contributed by atoms with Crippen LogP contribution in [0.2, 0.25) is 0 Å². The van der Waals surface area contributed by atoms with Gasteiger partial charge in [-0.25, -0.2) is 18.2 Å². The quantitative estimate of drug-likeness (QED) is 0.403. The first-order valence-corrected chi connectivity index (χ1v) is 13.5. The summed E-state index contributed by atoms with van der Waals surface area (Å²) in [5.74, 6) is 0.391. The van der Waals surface area contributed by atoms with Crippen LogP contribution in [0.3, 0.4) is 0 Å². The molecule has 0 spiro atoms. The molecule has 0 radical (unpaired) electrons. The SMILES string of the molecule is CCCCn1c(SCc2cc(=O)n(C)c(=O)n2C)nc2cc(S(=O)(=O)N(CC)CC)ccc21. The van der Waals surface area contributed by atoms with Crippen molar-refractivity contribution in [2.45, 2.75) is 56.0 Å². The summed E-state index contributed by atoms with van der Waals surface area (Å²) in [7, 11) is -0.491. The normalized spacial score (nSPS) is 12.2. The first-order chi connectivity index (χ1) is 15.6. The fourth-order valence-electron chi connectivity index (χ4n) is 3.66. The van der Waals surface area contributed by atoms with Gasteiger partial charge in [0.2, 0.25) is 10.0 Å². The third-order valence-electron chi connectivity index (χ3n) is 5.74. The van der Waals surface area contributed by atoms with Crippen LogP contribution < -0.4 is 11.2 Å². The Labute approximate surface area is 198 Å². The molecule has 0 amide bonds. The second kappa shape index (κ2) is 10.3. The van der Waals surface area contributed by atoms with E-state index in [2.05, 4.69) is 11.5 Å². The van der Waals surface area contributed by atoms with E-state index in [-0.39, 0.29) is 16.1 Å². The van der Waals surface area contributed by atoms with Gasteiger partial charge >= 0.3 is 5.69 Å².